The van der Waals surface area contributed by atoms with Crippen LogP contribution in [0, 0.1) is 11.6 Å². The van der Waals surface area contributed by atoms with Gasteiger partial charge in [0.05, 0.1) is 12.2 Å². The summed E-state index contributed by atoms with van der Waals surface area (Å²) in [7, 11) is 0. The molecule has 8 heteroatoms. The summed E-state index contributed by atoms with van der Waals surface area (Å²) in [5, 5.41) is 0. The van der Waals surface area contributed by atoms with E-state index in [0.717, 1.165) is 17.0 Å². The normalized spacial score (nSPS) is 14.9. The third kappa shape index (κ3) is 2.77. The van der Waals surface area contributed by atoms with Crippen molar-refractivity contribution >= 4 is 11.6 Å². The van der Waals surface area contributed by atoms with Crippen molar-refractivity contribution in [2.24, 2.45) is 0 Å². The molecule has 3 nitrogen and oxygen atoms in total. The van der Waals surface area contributed by atoms with E-state index >= 15 is 0 Å². The number of carbonyl (C=O) groups is 1. The second kappa shape index (κ2) is 4.67. The van der Waals surface area contributed by atoms with Crippen molar-refractivity contribution in [3.8, 4) is 5.75 Å². The molecular formula is C11H8F5NO2. The molecule has 0 N–H and O–H groups in total. The lowest BCUT2D eigenvalue weighted by molar-refractivity contribution is -0.152. The number of rotatable bonds is 1. The molecule has 0 saturated heterocycles. The lowest BCUT2D eigenvalue weighted by Crippen LogP contribution is -2.40. The monoisotopic (exact) mass is 281 g/mol. The van der Waals surface area contributed by atoms with Crippen LogP contribution in [0.1, 0.15) is 6.42 Å². The van der Waals surface area contributed by atoms with Crippen LogP contribution in [0.15, 0.2) is 12.1 Å². The summed E-state index contributed by atoms with van der Waals surface area (Å²) in [6, 6.07) is 1.75. The molecule has 2 rings (SSSR count). The molecule has 0 saturated carbocycles. The van der Waals surface area contributed by atoms with Gasteiger partial charge in [-0.2, -0.15) is 17.6 Å². The van der Waals surface area contributed by atoms with E-state index in [2.05, 4.69) is 0 Å². The van der Waals surface area contributed by atoms with E-state index in [-0.39, 0.29) is 18.8 Å². The van der Waals surface area contributed by atoms with Gasteiger partial charge in [-0.25, -0.2) is 4.39 Å². The fraction of sp³-hybridized carbons (Fsp3) is 0.364. The van der Waals surface area contributed by atoms with E-state index < -0.39 is 35.9 Å². The minimum Gasteiger partial charge on any atom is -0.486 e. The quantitative estimate of drug-likeness (QED) is 0.741. The van der Waals surface area contributed by atoms with Crippen LogP contribution in [0.3, 0.4) is 0 Å². The number of carbonyl (C=O) groups excluding carboxylic acids is 1. The van der Waals surface area contributed by atoms with Gasteiger partial charge in [-0.05, 0) is 12.1 Å². The third-order valence-corrected chi connectivity index (χ3v) is 2.53. The molecule has 1 heterocycles. The number of fused-ring (bicyclic) bond motifs is 1. The van der Waals surface area contributed by atoms with E-state index in [9.17, 15) is 26.7 Å². The van der Waals surface area contributed by atoms with Crippen LogP contribution in [-0.2, 0) is 4.79 Å². The molecule has 1 aromatic carbocycles. The molecule has 1 aliphatic heterocycles. The first kappa shape index (κ1) is 13.6. The molecule has 0 unspecified atom stereocenters. The number of hydrogen-bond donors (Lipinski definition) is 0. The van der Waals surface area contributed by atoms with Crippen molar-refractivity contribution in [3.63, 3.8) is 0 Å². The number of anilines is 1. The van der Waals surface area contributed by atoms with Crippen LogP contribution in [0.2, 0.25) is 0 Å². The highest BCUT2D eigenvalue weighted by Crippen LogP contribution is 2.36. The van der Waals surface area contributed by atoms with Crippen LogP contribution >= 0.6 is 0 Å². The van der Waals surface area contributed by atoms with Gasteiger partial charge in [0.15, 0.2) is 11.6 Å². The van der Waals surface area contributed by atoms with E-state index in [4.69, 9.17) is 4.74 Å². The molecule has 0 fully saturated rings. The van der Waals surface area contributed by atoms with E-state index in [1.165, 1.54) is 0 Å². The highest BCUT2D eigenvalue weighted by molar-refractivity contribution is 5.95. The maximum atomic E-state index is 13.4. The molecule has 1 aliphatic rings. The van der Waals surface area contributed by atoms with Crippen LogP contribution in [-0.4, -0.2) is 25.2 Å². The van der Waals surface area contributed by atoms with Crippen LogP contribution in [0.25, 0.3) is 0 Å². The molecule has 0 radical (unpaired) electrons. The molecule has 19 heavy (non-hydrogen) atoms. The van der Waals surface area contributed by atoms with E-state index in [1.54, 1.807) is 0 Å². The molecule has 0 aliphatic carbocycles. The maximum Gasteiger partial charge on any atom is 0.397 e. The first-order valence-corrected chi connectivity index (χ1v) is 5.27. The summed E-state index contributed by atoms with van der Waals surface area (Å²) in [5.41, 5.74) is -0.195. The lowest BCUT2D eigenvalue weighted by Gasteiger charge is -2.30. The molecule has 1 amide bonds. The van der Waals surface area contributed by atoms with E-state index in [0.29, 0.717) is 0 Å². The highest BCUT2D eigenvalue weighted by atomic mass is 19.4. The Kier molecular flexibility index (Phi) is 3.34. The zero-order valence-electron chi connectivity index (χ0n) is 9.43. The Morgan fingerprint density at radius 2 is 2.00 bits per heavy atom. The average molecular weight is 281 g/mol. The van der Waals surface area contributed by atoms with Crippen molar-refractivity contribution in [1.82, 2.24) is 0 Å². The number of alkyl halides is 3. The van der Waals surface area contributed by atoms with Gasteiger partial charge in [0.1, 0.15) is 13.0 Å². The minimum absolute atomic E-state index is 0.146. The van der Waals surface area contributed by atoms with Crippen molar-refractivity contribution in [2.45, 2.75) is 12.6 Å². The topological polar surface area (TPSA) is 29.5 Å². The Hall–Kier alpha value is -1.86. The second-order valence-corrected chi connectivity index (χ2v) is 3.90. The van der Waals surface area contributed by atoms with Gasteiger partial charge >= 0.3 is 6.18 Å². The molecule has 0 aromatic heterocycles. The maximum absolute atomic E-state index is 13.4. The first-order chi connectivity index (χ1) is 8.79. The van der Waals surface area contributed by atoms with Crippen molar-refractivity contribution in [1.29, 1.82) is 0 Å². The molecule has 0 spiro atoms. The number of amides is 1. The summed E-state index contributed by atoms with van der Waals surface area (Å²) in [4.78, 5) is 12.3. The summed E-state index contributed by atoms with van der Waals surface area (Å²) in [6.07, 6.45) is -6.32. The molecular weight excluding hydrogens is 273 g/mol. The minimum atomic E-state index is -4.66. The fourth-order valence-electron chi connectivity index (χ4n) is 1.76. The van der Waals surface area contributed by atoms with Crippen molar-refractivity contribution < 1.29 is 31.5 Å². The predicted octanol–water partition coefficient (Wildman–Crippen LogP) is 2.64. The zero-order chi connectivity index (χ0) is 14.2. The molecule has 104 valence electrons. The van der Waals surface area contributed by atoms with Gasteiger partial charge < -0.3 is 9.64 Å². The number of benzene rings is 1. The molecule has 0 bridgehead atoms. The Labute approximate surface area is 104 Å². The first-order valence-electron chi connectivity index (χ1n) is 5.27. The zero-order valence-corrected chi connectivity index (χ0v) is 9.43. The highest BCUT2D eigenvalue weighted by Gasteiger charge is 2.36. The van der Waals surface area contributed by atoms with Gasteiger partial charge in [-0.1, -0.05) is 0 Å². The van der Waals surface area contributed by atoms with E-state index in [1.807, 2.05) is 0 Å². The van der Waals surface area contributed by atoms with Gasteiger partial charge in [0.25, 0.3) is 0 Å². The van der Waals surface area contributed by atoms with Crippen LogP contribution in [0.5, 0.6) is 5.75 Å². The Morgan fingerprint density at radius 1 is 1.32 bits per heavy atom. The smallest absolute Gasteiger partial charge is 0.397 e. The SMILES string of the molecule is O=C(CC(F)(F)F)N1CCOc2c1ccc(F)c2F. The van der Waals surface area contributed by atoms with Crippen LogP contribution in [0.4, 0.5) is 27.6 Å². The largest absolute Gasteiger partial charge is 0.486 e. The van der Waals surface area contributed by atoms with Crippen molar-refractivity contribution in [3.05, 3.63) is 23.8 Å². The molecule has 0 atom stereocenters. The van der Waals surface area contributed by atoms with Crippen molar-refractivity contribution in [2.75, 3.05) is 18.1 Å². The van der Waals surface area contributed by atoms with Gasteiger partial charge in [0.2, 0.25) is 11.7 Å². The summed E-state index contributed by atoms with van der Waals surface area (Å²) >= 11 is 0. The summed E-state index contributed by atoms with van der Waals surface area (Å²) in [5.74, 6) is -4.28. The Morgan fingerprint density at radius 3 is 2.63 bits per heavy atom. The predicted molar refractivity (Wildman–Crippen MR) is 54.9 cm³/mol. The fourth-order valence-corrected chi connectivity index (χ4v) is 1.76. The standard InChI is InChI=1S/C11H8F5NO2/c12-6-1-2-7-10(9(6)13)19-4-3-17(7)8(18)5-11(14,15)16/h1-2H,3-5H2. The number of hydrogen-bond acceptors (Lipinski definition) is 2. The summed E-state index contributed by atoms with van der Waals surface area (Å²) < 4.78 is 67.7. The molecule has 1 aromatic rings. The number of ether oxygens (including phenoxy) is 1. The Balaban J connectivity index is 2.33. The third-order valence-electron chi connectivity index (χ3n) is 2.53. The summed E-state index contributed by atoms with van der Waals surface area (Å²) in [6.45, 7) is -0.343. The van der Waals surface area contributed by atoms with Gasteiger partial charge in [-0.3, -0.25) is 4.79 Å². The average Bonchev–Trinajstić information content (AvgIpc) is 2.31. The van der Waals surface area contributed by atoms with Crippen LogP contribution < -0.4 is 9.64 Å². The Bertz CT molecular complexity index is 515. The number of halogens is 5. The lowest BCUT2D eigenvalue weighted by atomic mass is 10.2. The number of nitrogens with zero attached hydrogens (tertiary/aromatic N) is 1. The van der Waals surface area contributed by atoms with Gasteiger partial charge in [0, 0.05) is 0 Å². The second-order valence-electron chi connectivity index (χ2n) is 3.90. The van der Waals surface area contributed by atoms with Gasteiger partial charge in [-0.15, -0.1) is 0 Å².